The van der Waals surface area contributed by atoms with Crippen LogP contribution in [0.1, 0.15) is 12.0 Å². The van der Waals surface area contributed by atoms with Crippen LogP contribution in [-0.4, -0.2) is 13.1 Å². The monoisotopic (exact) mass is 190 g/mol. The van der Waals surface area contributed by atoms with Crippen LogP contribution in [0, 0.1) is 18.8 Å². The first kappa shape index (κ1) is 9.53. The third-order valence-electron chi connectivity index (χ3n) is 3.07. The van der Waals surface area contributed by atoms with Crippen LogP contribution in [0.5, 0.6) is 0 Å². The summed E-state index contributed by atoms with van der Waals surface area (Å²) < 4.78 is 0. The Kier molecular flexibility index (Phi) is 2.73. The Hall–Kier alpha value is -1.02. The molecule has 0 heterocycles. The van der Waals surface area contributed by atoms with E-state index < -0.39 is 0 Å². The molecule has 2 unspecified atom stereocenters. The molecule has 0 amide bonds. The number of anilines is 1. The maximum Gasteiger partial charge on any atom is 0.0369 e. The summed E-state index contributed by atoms with van der Waals surface area (Å²) in [7, 11) is 0. The number of nitrogens with one attached hydrogen (secondary N) is 1. The highest BCUT2D eigenvalue weighted by molar-refractivity contribution is 5.50. The van der Waals surface area contributed by atoms with E-state index >= 15 is 0 Å². The van der Waals surface area contributed by atoms with Crippen molar-refractivity contribution in [2.75, 3.05) is 18.4 Å². The molecule has 2 atom stereocenters. The Morgan fingerprint density at radius 2 is 2.14 bits per heavy atom. The second-order valence-electron chi connectivity index (χ2n) is 4.19. The Morgan fingerprint density at radius 1 is 1.36 bits per heavy atom. The van der Waals surface area contributed by atoms with Gasteiger partial charge in [-0.3, -0.25) is 0 Å². The lowest BCUT2D eigenvalue weighted by atomic mass is 10.2. The summed E-state index contributed by atoms with van der Waals surface area (Å²) in [5.41, 5.74) is 8.17. The first-order valence-corrected chi connectivity index (χ1v) is 5.31. The second kappa shape index (κ2) is 4.01. The number of nitrogens with two attached hydrogens (primary N) is 1. The summed E-state index contributed by atoms with van der Waals surface area (Å²) in [6.45, 7) is 4.06. The van der Waals surface area contributed by atoms with Gasteiger partial charge in [0.2, 0.25) is 0 Å². The summed E-state index contributed by atoms with van der Waals surface area (Å²) in [6.07, 6.45) is 1.30. The van der Waals surface area contributed by atoms with E-state index in [4.69, 9.17) is 5.73 Å². The van der Waals surface area contributed by atoms with E-state index in [1.54, 1.807) is 0 Å². The lowest BCUT2D eigenvalue weighted by molar-refractivity contribution is 0.733. The number of aryl methyl sites for hydroxylation is 1. The average Bonchev–Trinajstić information content (AvgIpc) is 2.95. The Labute approximate surface area is 85.5 Å². The highest BCUT2D eigenvalue weighted by Crippen LogP contribution is 2.37. The van der Waals surface area contributed by atoms with Crippen LogP contribution in [-0.2, 0) is 0 Å². The lowest BCUT2D eigenvalue weighted by Crippen LogP contribution is -2.09. The second-order valence-corrected chi connectivity index (χ2v) is 4.19. The van der Waals surface area contributed by atoms with E-state index in [0.717, 1.165) is 24.9 Å². The molecule has 0 radical (unpaired) electrons. The van der Waals surface area contributed by atoms with Crippen LogP contribution in [0.4, 0.5) is 5.69 Å². The van der Waals surface area contributed by atoms with Crippen molar-refractivity contribution >= 4 is 5.69 Å². The molecule has 0 saturated heterocycles. The maximum atomic E-state index is 5.60. The third-order valence-corrected chi connectivity index (χ3v) is 3.07. The van der Waals surface area contributed by atoms with Crippen molar-refractivity contribution < 1.29 is 0 Å². The van der Waals surface area contributed by atoms with Gasteiger partial charge >= 0.3 is 0 Å². The SMILES string of the molecule is Cc1ccccc1NCC1CC1CN. The largest absolute Gasteiger partial charge is 0.385 e. The molecule has 0 bridgehead atoms. The minimum Gasteiger partial charge on any atom is -0.385 e. The van der Waals surface area contributed by atoms with Gasteiger partial charge in [-0.05, 0) is 43.4 Å². The molecule has 1 aromatic carbocycles. The van der Waals surface area contributed by atoms with Crippen molar-refractivity contribution in [3.63, 3.8) is 0 Å². The highest BCUT2D eigenvalue weighted by Gasteiger charge is 2.34. The first-order chi connectivity index (χ1) is 6.81. The lowest BCUT2D eigenvalue weighted by Gasteiger charge is -2.08. The zero-order valence-corrected chi connectivity index (χ0v) is 8.66. The number of hydrogen-bond donors (Lipinski definition) is 2. The summed E-state index contributed by atoms with van der Waals surface area (Å²) >= 11 is 0. The molecule has 2 heteroatoms. The minimum atomic E-state index is 0.770. The van der Waals surface area contributed by atoms with Gasteiger partial charge in [0.1, 0.15) is 0 Å². The molecular formula is C12H18N2. The molecule has 0 spiro atoms. The number of hydrogen-bond acceptors (Lipinski definition) is 2. The minimum absolute atomic E-state index is 0.770. The van der Waals surface area contributed by atoms with Crippen LogP contribution < -0.4 is 11.1 Å². The quantitative estimate of drug-likeness (QED) is 0.762. The standard InChI is InChI=1S/C12H18N2/c1-9-4-2-3-5-12(9)14-8-11-6-10(11)7-13/h2-5,10-11,14H,6-8,13H2,1H3. The molecular weight excluding hydrogens is 172 g/mol. The van der Waals surface area contributed by atoms with Gasteiger partial charge in [0.15, 0.2) is 0 Å². The normalized spacial score (nSPS) is 24.7. The van der Waals surface area contributed by atoms with Gasteiger partial charge in [-0.2, -0.15) is 0 Å². The van der Waals surface area contributed by atoms with Crippen LogP contribution >= 0.6 is 0 Å². The molecule has 1 fully saturated rings. The van der Waals surface area contributed by atoms with Crippen LogP contribution in [0.15, 0.2) is 24.3 Å². The van der Waals surface area contributed by atoms with E-state index in [1.165, 1.54) is 17.7 Å². The predicted molar refractivity (Wildman–Crippen MR) is 60.3 cm³/mol. The topological polar surface area (TPSA) is 38.0 Å². The molecule has 2 nitrogen and oxygen atoms in total. The van der Waals surface area contributed by atoms with Crippen LogP contribution in [0.25, 0.3) is 0 Å². The molecule has 1 aromatic rings. The molecule has 3 N–H and O–H groups in total. The molecule has 1 aliphatic carbocycles. The molecule has 1 saturated carbocycles. The molecule has 0 aromatic heterocycles. The van der Waals surface area contributed by atoms with Crippen LogP contribution in [0.3, 0.4) is 0 Å². The molecule has 1 aliphatic rings. The molecule has 2 rings (SSSR count). The molecule has 76 valence electrons. The number of rotatable bonds is 4. The molecule has 14 heavy (non-hydrogen) atoms. The van der Waals surface area contributed by atoms with Gasteiger partial charge in [0.25, 0.3) is 0 Å². The summed E-state index contributed by atoms with van der Waals surface area (Å²) in [4.78, 5) is 0. The Bertz CT molecular complexity index is 309. The van der Waals surface area contributed by atoms with Crippen molar-refractivity contribution in [3.05, 3.63) is 29.8 Å². The smallest absolute Gasteiger partial charge is 0.0369 e. The third kappa shape index (κ3) is 2.07. The highest BCUT2D eigenvalue weighted by atomic mass is 14.9. The summed E-state index contributed by atoms with van der Waals surface area (Å²) in [5.74, 6) is 1.58. The number of benzene rings is 1. The fourth-order valence-electron chi connectivity index (χ4n) is 1.86. The van der Waals surface area contributed by atoms with Gasteiger partial charge in [0.05, 0.1) is 0 Å². The molecule has 0 aliphatic heterocycles. The first-order valence-electron chi connectivity index (χ1n) is 5.31. The zero-order chi connectivity index (χ0) is 9.97. The van der Waals surface area contributed by atoms with E-state index in [9.17, 15) is 0 Å². The Morgan fingerprint density at radius 3 is 2.79 bits per heavy atom. The van der Waals surface area contributed by atoms with Gasteiger partial charge in [-0.15, -0.1) is 0 Å². The Balaban J connectivity index is 1.84. The predicted octanol–water partition coefficient (Wildman–Crippen LogP) is 2.00. The fraction of sp³-hybridized carbons (Fsp3) is 0.500. The van der Waals surface area contributed by atoms with Gasteiger partial charge < -0.3 is 11.1 Å². The van der Waals surface area contributed by atoms with Crippen molar-refractivity contribution in [2.45, 2.75) is 13.3 Å². The van der Waals surface area contributed by atoms with E-state index in [2.05, 4.69) is 36.5 Å². The van der Waals surface area contributed by atoms with E-state index in [-0.39, 0.29) is 0 Å². The maximum absolute atomic E-state index is 5.60. The van der Waals surface area contributed by atoms with Crippen molar-refractivity contribution in [1.29, 1.82) is 0 Å². The average molecular weight is 190 g/mol. The van der Waals surface area contributed by atoms with Gasteiger partial charge in [-0.1, -0.05) is 18.2 Å². The summed E-state index contributed by atoms with van der Waals surface area (Å²) in [5, 5.41) is 3.48. The van der Waals surface area contributed by atoms with Gasteiger partial charge in [-0.25, -0.2) is 0 Å². The van der Waals surface area contributed by atoms with Crippen LogP contribution in [0.2, 0.25) is 0 Å². The van der Waals surface area contributed by atoms with Crippen molar-refractivity contribution in [2.24, 2.45) is 17.6 Å². The summed E-state index contributed by atoms with van der Waals surface area (Å²) in [6, 6.07) is 8.41. The zero-order valence-electron chi connectivity index (χ0n) is 8.66. The van der Waals surface area contributed by atoms with E-state index in [1.807, 2.05) is 0 Å². The van der Waals surface area contributed by atoms with Crippen molar-refractivity contribution in [3.8, 4) is 0 Å². The fourth-order valence-corrected chi connectivity index (χ4v) is 1.86. The number of para-hydroxylation sites is 1. The van der Waals surface area contributed by atoms with Crippen molar-refractivity contribution in [1.82, 2.24) is 0 Å². The van der Waals surface area contributed by atoms with Gasteiger partial charge in [0, 0.05) is 12.2 Å². The van der Waals surface area contributed by atoms with E-state index in [0.29, 0.717) is 0 Å².